The number of morpholine rings is 1. The Hall–Kier alpha value is -3.88. The number of nitrogens with one attached hydrogen (secondary N) is 1. The second kappa shape index (κ2) is 13.4. The molecule has 1 N–H and O–H groups in total. The van der Waals surface area contributed by atoms with E-state index in [2.05, 4.69) is 51.6 Å². The molecule has 0 radical (unpaired) electrons. The highest BCUT2D eigenvalue weighted by molar-refractivity contribution is 6.23. The molecule has 0 spiro atoms. The summed E-state index contributed by atoms with van der Waals surface area (Å²) >= 11 is 0. The van der Waals surface area contributed by atoms with Crippen molar-refractivity contribution in [2.24, 2.45) is 11.8 Å². The summed E-state index contributed by atoms with van der Waals surface area (Å²) in [7, 11) is 0. The average Bonchev–Trinajstić information content (AvgIpc) is 3.03. The highest BCUT2D eigenvalue weighted by Crippen LogP contribution is 2.40. The van der Waals surface area contributed by atoms with Crippen molar-refractivity contribution in [2.75, 3.05) is 31.2 Å². The Balaban J connectivity index is 1.26. The molecule has 6 rings (SSSR count). The third-order valence-corrected chi connectivity index (χ3v) is 9.36. The van der Waals surface area contributed by atoms with Crippen molar-refractivity contribution >= 4 is 29.1 Å². The van der Waals surface area contributed by atoms with Crippen LogP contribution in [-0.2, 0) is 20.9 Å². The number of ether oxygens (including phenoxy) is 1. The normalized spacial score (nSPS) is 22.5. The molecule has 2 aliphatic heterocycles. The van der Waals surface area contributed by atoms with Crippen molar-refractivity contribution in [3.05, 3.63) is 77.5 Å². The second-order valence-electron chi connectivity index (χ2n) is 12.6. The zero-order valence-electron chi connectivity index (χ0n) is 25.8. The molecule has 1 aromatic heterocycles. The number of nitrogens with zero attached hydrogens (tertiary/aromatic N) is 3. The summed E-state index contributed by atoms with van der Waals surface area (Å²) in [6.07, 6.45) is 6.91. The quantitative estimate of drug-likeness (QED) is 0.330. The van der Waals surface area contributed by atoms with Crippen molar-refractivity contribution in [3.63, 3.8) is 0 Å². The van der Waals surface area contributed by atoms with Gasteiger partial charge in [0.05, 0.1) is 24.5 Å². The van der Waals surface area contributed by atoms with Crippen LogP contribution in [0.15, 0.2) is 60.8 Å². The number of amides is 2. The van der Waals surface area contributed by atoms with Gasteiger partial charge < -0.3 is 10.1 Å². The molecule has 8 heteroatoms. The fraction of sp³-hybridized carbons (Fsp3) is 0.444. The van der Waals surface area contributed by atoms with Crippen molar-refractivity contribution in [1.29, 1.82) is 0 Å². The highest BCUT2D eigenvalue weighted by atomic mass is 16.5. The van der Waals surface area contributed by atoms with Gasteiger partial charge in [-0.3, -0.25) is 24.2 Å². The van der Waals surface area contributed by atoms with Crippen LogP contribution in [0.4, 0.5) is 11.5 Å². The number of aromatic nitrogens is 1. The summed E-state index contributed by atoms with van der Waals surface area (Å²) in [6, 6.07) is 18.6. The summed E-state index contributed by atoms with van der Waals surface area (Å²) in [5.74, 6) is -0.203. The molecule has 2 aromatic carbocycles. The average molecular weight is 595 g/mol. The fourth-order valence-electron chi connectivity index (χ4n) is 7.02. The lowest BCUT2D eigenvalue weighted by atomic mass is 9.79. The van der Waals surface area contributed by atoms with Gasteiger partial charge in [0.1, 0.15) is 5.92 Å². The topological polar surface area (TPSA) is 91.8 Å². The van der Waals surface area contributed by atoms with Crippen LogP contribution >= 0.6 is 0 Å². The van der Waals surface area contributed by atoms with E-state index in [1.165, 1.54) is 5.56 Å². The summed E-state index contributed by atoms with van der Waals surface area (Å²) in [5.41, 5.74) is 5.52. The molecule has 1 atom stereocenters. The highest BCUT2D eigenvalue weighted by Gasteiger charge is 2.41. The van der Waals surface area contributed by atoms with Crippen molar-refractivity contribution in [2.45, 2.75) is 65.0 Å². The third kappa shape index (κ3) is 6.61. The van der Waals surface area contributed by atoms with Crippen LogP contribution in [-0.4, -0.2) is 59.8 Å². The maximum Gasteiger partial charge on any atom is 0.243 e. The van der Waals surface area contributed by atoms with E-state index in [9.17, 15) is 14.4 Å². The Morgan fingerprint density at radius 2 is 1.73 bits per heavy atom. The molecule has 1 unspecified atom stereocenters. The van der Waals surface area contributed by atoms with E-state index in [-0.39, 0.29) is 23.6 Å². The maximum atomic E-state index is 14.2. The molecule has 3 heterocycles. The SMILES string of the molecule is CC(=O)NC1CCC(CCC2C(=O)c3cc(C)cnc3N(c3cccc(-c4ccccc4CN4CCOCC4)c3)C2=O)CC1. The number of hydrogen-bond acceptors (Lipinski definition) is 6. The predicted molar refractivity (Wildman–Crippen MR) is 171 cm³/mol. The van der Waals surface area contributed by atoms with Gasteiger partial charge in [0, 0.05) is 38.8 Å². The van der Waals surface area contributed by atoms with E-state index in [4.69, 9.17) is 4.74 Å². The number of benzene rings is 2. The van der Waals surface area contributed by atoms with Crippen LogP contribution in [0.5, 0.6) is 0 Å². The van der Waals surface area contributed by atoms with Gasteiger partial charge in [0.25, 0.3) is 0 Å². The number of ketones is 1. The van der Waals surface area contributed by atoms with E-state index in [1.807, 2.05) is 25.1 Å². The van der Waals surface area contributed by atoms with E-state index in [0.29, 0.717) is 23.7 Å². The number of rotatable bonds is 8. The Bertz CT molecular complexity index is 1520. The largest absolute Gasteiger partial charge is 0.379 e. The first-order valence-electron chi connectivity index (χ1n) is 16.0. The van der Waals surface area contributed by atoms with Crippen molar-refractivity contribution < 1.29 is 19.1 Å². The van der Waals surface area contributed by atoms with Gasteiger partial charge in [-0.1, -0.05) is 36.4 Å². The molecule has 1 saturated heterocycles. The van der Waals surface area contributed by atoms with Crippen LogP contribution in [0.25, 0.3) is 11.1 Å². The number of carbonyl (C=O) groups is 3. The lowest BCUT2D eigenvalue weighted by Crippen LogP contribution is -2.43. The molecular formula is C36H42N4O4. The van der Waals surface area contributed by atoms with E-state index in [1.54, 1.807) is 18.0 Å². The second-order valence-corrected chi connectivity index (χ2v) is 12.6. The van der Waals surface area contributed by atoms with Gasteiger partial charge in [-0.05, 0) is 91.8 Å². The number of fused-ring (bicyclic) bond motifs is 1. The summed E-state index contributed by atoms with van der Waals surface area (Å²) in [5, 5.41) is 3.03. The third-order valence-electron chi connectivity index (χ3n) is 9.36. The maximum absolute atomic E-state index is 14.2. The molecule has 1 aliphatic carbocycles. The molecule has 8 nitrogen and oxygen atoms in total. The van der Waals surface area contributed by atoms with Gasteiger partial charge in [0.2, 0.25) is 11.8 Å². The molecule has 44 heavy (non-hydrogen) atoms. The predicted octanol–water partition coefficient (Wildman–Crippen LogP) is 5.84. The van der Waals surface area contributed by atoms with Gasteiger partial charge in [-0.2, -0.15) is 0 Å². The molecule has 2 fully saturated rings. The van der Waals surface area contributed by atoms with Gasteiger partial charge in [-0.25, -0.2) is 4.98 Å². The fourth-order valence-corrected chi connectivity index (χ4v) is 7.02. The Morgan fingerprint density at radius 1 is 0.955 bits per heavy atom. The van der Waals surface area contributed by atoms with Crippen LogP contribution in [0.3, 0.4) is 0 Å². The molecule has 1 saturated carbocycles. The molecule has 2 amide bonds. The molecule has 3 aliphatic rings. The summed E-state index contributed by atoms with van der Waals surface area (Å²) in [4.78, 5) is 48.2. The van der Waals surface area contributed by atoms with Gasteiger partial charge >= 0.3 is 0 Å². The summed E-state index contributed by atoms with van der Waals surface area (Å²) in [6.45, 7) is 7.63. The minimum absolute atomic E-state index is 0.0131. The standard InChI is InChI=1S/C36H42N4O4/c1-24-20-33-34(42)32(15-12-26-10-13-29(14-11-26)38-25(2)41)36(43)40(35(33)37-22-24)30-8-5-7-27(21-30)31-9-4-3-6-28(31)23-39-16-18-44-19-17-39/h3-9,20-22,26,29,32H,10-19,23H2,1-2H3,(H,38,41). The Kier molecular flexibility index (Phi) is 9.19. The first kappa shape index (κ1) is 30.2. The van der Waals surface area contributed by atoms with Crippen LogP contribution in [0.1, 0.15) is 66.9 Å². The van der Waals surface area contributed by atoms with E-state index < -0.39 is 5.92 Å². The van der Waals surface area contributed by atoms with Crippen molar-refractivity contribution in [3.8, 4) is 11.1 Å². The monoisotopic (exact) mass is 594 g/mol. The zero-order chi connectivity index (χ0) is 30.6. The van der Waals surface area contributed by atoms with Crippen molar-refractivity contribution in [1.82, 2.24) is 15.2 Å². The Morgan fingerprint density at radius 3 is 2.50 bits per heavy atom. The molecule has 3 aromatic rings. The number of carbonyl (C=O) groups excluding carboxylic acids is 3. The summed E-state index contributed by atoms with van der Waals surface area (Å²) < 4.78 is 5.54. The minimum Gasteiger partial charge on any atom is -0.379 e. The smallest absolute Gasteiger partial charge is 0.243 e. The van der Waals surface area contributed by atoms with Crippen LogP contribution in [0.2, 0.25) is 0 Å². The molecular weight excluding hydrogens is 552 g/mol. The number of anilines is 2. The minimum atomic E-state index is -0.739. The van der Waals surface area contributed by atoms with E-state index in [0.717, 1.165) is 87.3 Å². The van der Waals surface area contributed by atoms with Crippen LogP contribution < -0.4 is 10.2 Å². The first-order valence-corrected chi connectivity index (χ1v) is 16.0. The molecule has 0 bridgehead atoms. The lowest BCUT2D eigenvalue weighted by Gasteiger charge is -2.34. The number of pyridine rings is 1. The Labute approximate surface area is 259 Å². The number of hydrogen-bond donors (Lipinski definition) is 1. The van der Waals surface area contributed by atoms with Gasteiger partial charge in [-0.15, -0.1) is 0 Å². The van der Waals surface area contributed by atoms with E-state index >= 15 is 0 Å². The first-order chi connectivity index (χ1) is 21.4. The number of aryl methyl sites for hydroxylation is 1. The van der Waals surface area contributed by atoms with Crippen LogP contribution in [0, 0.1) is 18.8 Å². The zero-order valence-corrected chi connectivity index (χ0v) is 25.8. The lowest BCUT2D eigenvalue weighted by molar-refractivity contribution is -0.121. The molecule has 230 valence electrons. The van der Waals surface area contributed by atoms with Gasteiger partial charge in [0.15, 0.2) is 11.6 Å². The number of Topliss-reactive ketones (excluding diaryl/α,β-unsaturated/α-hetero) is 1.